The molecule has 1 fully saturated rings. The second-order valence-electron chi connectivity index (χ2n) is 5.68. The molecule has 1 aliphatic rings. The third-order valence-electron chi connectivity index (χ3n) is 4.03. The summed E-state index contributed by atoms with van der Waals surface area (Å²) >= 11 is 5.96. The molecule has 1 saturated carbocycles. The van der Waals surface area contributed by atoms with E-state index in [1.54, 1.807) is 0 Å². The predicted molar refractivity (Wildman–Crippen MR) is 76.5 cm³/mol. The number of ether oxygens (including phenoxy) is 1. The first kappa shape index (κ1) is 13.7. The van der Waals surface area contributed by atoms with E-state index in [0.29, 0.717) is 6.04 Å². The van der Waals surface area contributed by atoms with Gasteiger partial charge in [-0.1, -0.05) is 32.4 Å². The average molecular weight is 268 g/mol. The highest BCUT2D eigenvalue weighted by atomic mass is 35.5. The maximum absolute atomic E-state index is 6.13. The van der Waals surface area contributed by atoms with E-state index in [0.717, 1.165) is 29.3 Å². The van der Waals surface area contributed by atoms with Gasteiger partial charge in [0.05, 0.1) is 0 Å². The summed E-state index contributed by atoms with van der Waals surface area (Å²) in [5.41, 5.74) is 1.28. The Bertz CT molecular complexity index is 431. The van der Waals surface area contributed by atoms with Gasteiger partial charge in [0.25, 0.3) is 0 Å². The Hall–Kier alpha value is -0.730. The van der Waals surface area contributed by atoms with Crippen molar-refractivity contribution in [3.63, 3.8) is 0 Å². The first-order valence-corrected chi connectivity index (χ1v) is 6.99. The van der Waals surface area contributed by atoms with Gasteiger partial charge in [0.15, 0.2) is 0 Å². The van der Waals surface area contributed by atoms with Crippen molar-refractivity contribution in [2.45, 2.75) is 46.3 Å². The van der Waals surface area contributed by atoms with Crippen LogP contribution in [0.15, 0.2) is 18.2 Å². The van der Waals surface area contributed by atoms with Crippen LogP contribution in [0.5, 0.6) is 5.75 Å². The number of benzene rings is 1. The topological polar surface area (TPSA) is 21.3 Å². The lowest BCUT2D eigenvalue weighted by molar-refractivity contribution is -0.0544. The number of nitrogens with one attached hydrogen (secondary N) is 1. The second kappa shape index (κ2) is 5.10. The lowest BCUT2D eigenvalue weighted by Crippen LogP contribution is -2.62. The summed E-state index contributed by atoms with van der Waals surface area (Å²) in [5, 5.41) is 4.27. The third-order valence-corrected chi connectivity index (χ3v) is 4.27. The molecule has 3 heteroatoms. The Morgan fingerprint density at radius 1 is 1.44 bits per heavy atom. The Balaban J connectivity index is 2.03. The summed E-state index contributed by atoms with van der Waals surface area (Å²) < 4.78 is 6.13. The fourth-order valence-corrected chi connectivity index (χ4v) is 2.80. The highest BCUT2D eigenvalue weighted by Crippen LogP contribution is 2.43. The monoisotopic (exact) mass is 267 g/mol. The third kappa shape index (κ3) is 2.50. The van der Waals surface area contributed by atoms with Gasteiger partial charge in [-0.25, -0.2) is 0 Å². The number of rotatable bonds is 4. The maximum Gasteiger partial charge on any atom is 0.122 e. The fourth-order valence-electron chi connectivity index (χ4n) is 2.58. The minimum absolute atomic E-state index is 0.183. The van der Waals surface area contributed by atoms with Crippen molar-refractivity contribution in [3.05, 3.63) is 28.8 Å². The van der Waals surface area contributed by atoms with Crippen LogP contribution in [0.25, 0.3) is 0 Å². The van der Waals surface area contributed by atoms with Gasteiger partial charge in [0.2, 0.25) is 0 Å². The molecule has 0 aromatic heterocycles. The molecule has 0 radical (unpaired) electrons. The molecule has 0 amide bonds. The van der Waals surface area contributed by atoms with E-state index in [1.807, 2.05) is 25.1 Å². The van der Waals surface area contributed by atoms with Crippen LogP contribution in [0.2, 0.25) is 5.02 Å². The van der Waals surface area contributed by atoms with Gasteiger partial charge in [-0.15, -0.1) is 0 Å². The van der Waals surface area contributed by atoms with E-state index in [9.17, 15) is 0 Å². The molecule has 18 heavy (non-hydrogen) atoms. The van der Waals surface area contributed by atoms with Gasteiger partial charge in [-0.2, -0.15) is 0 Å². The first-order chi connectivity index (χ1) is 8.45. The van der Waals surface area contributed by atoms with Crippen LogP contribution in [0.4, 0.5) is 0 Å². The minimum atomic E-state index is 0.183. The van der Waals surface area contributed by atoms with Crippen LogP contribution in [0.1, 0.15) is 32.8 Å². The van der Waals surface area contributed by atoms with Crippen LogP contribution < -0.4 is 10.1 Å². The molecule has 2 rings (SSSR count). The zero-order valence-corrected chi connectivity index (χ0v) is 12.3. The lowest BCUT2D eigenvalue weighted by Gasteiger charge is -2.51. The van der Waals surface area contributed by atoms with Crippen molar-refractivity contribution in [1.82, 2.24) is 5.32 Å². The average Bonchev–Trinajstić information content (AvgIpc) is 2.30. The summed E-state index contributed by atoms with van der Waals surface area (Å²) in [7, 11) is 0. The van der Waals surface area contributed by atoms with Crippen molar-refractivity contribution < 1.29 is 4.74 Å². The van der Waals surface area contributed by atoms with Gasteiger partial charge < -0.3 is 10.1 Å². The summed E-state index contributed by atoms with van der Waals surface area (Å²) in [6, 6.07) is 6.36. The smallest absolute Gasteiger partial charge is 0.122 e. The molecule has 0 bridgehead atoms. The van der Waals surface area contributed by atoms with Gasteiger partial charge in [-0.05, 0) is 37.2 Å². The summed E-state index contributed by atoms with van der Waals surface area (Å²) in [4.78, 5) is 0. The molecule has 1 aromatic carbocycles. The van der Waals surface area contributed by atoms with E-state index in [-0.39, 0.29) is 11.5 Å². The molecule has 2 nitrogen and oxygen atoms in total. The molecule has 0 aliphatic heterocycles. The van der Waals surface area contributed by atoms with Gasteiger partial charge in [0, 0.05) is 22.9 Å². The highest BCUT2D eigenvalue weighted by molar-refractivity contribution is 6.30. The molecule has 0 saturated heterocycles. The standard InChI is InChI=1S/C15H22ClNO/c1-5-17-13-9-14(15(13,3)4)18-12-7-6-11(16)8-10(12)2/h6-8,13-14,17H,5,9H2,1-4H3. The van der Waals surface area contributed by atoms with Crippen LogP contribution >= 0.6 is 11.6 Å². The second-order valence-corrected chi connectivity index (χ2v) is 6.12. The van der Waals surface area contributed by atoms with E-state index >= 15 is 0 Å². The Kier molecular flexibility index (Phi) is 3.88. The largest absolute Gasteiger partial charge is 0.489 e. The number of halogens is 1. The molecule has 100 valence electrons. The van der Waals surface area contributed by atoms with E-state index in [1.165, 1.54) is 0 Å². The lowest BCUT2D eigenvalue weighted by atomic mass is 9.64. The van der Waals surface area contributed by atoms with Crippen molar-refractivity contribution >= 4 is 11.6 Å². The van der Waals surface area contributed by atoms with E-state index < -0.39 is 0 Å². The summed E-state index contributed by atoms with van der Waals surface area (Å²) in [6.45, 7) is 9.72. The Morgan fingerprint density at radius 2 is 2.17 bits per heavy atom. The Morgan fingerprint density at radius 3 is 2.72 bits per heavy atom. The predicted octanol–water partition coefficient (Wildman–Crippen LogP) is 3.80. The van der Waals surface area contributed by atoms with Crippen LogP contribution in [0, 0.1) is 12.3 Å². The Labute approximate surface area is 115 Å². The van der Waals surface area contributed by atoms with Crippen molar-refractivity contribution in [1.29, 1.82) is 0 Å². The molecular weight excluding hydrogens is 246 g/mol. The minimum Gasteiger partial charge on any atom is -0.489 e. The first-order valence-electron chi connectivity index (χ1n) is 6.61. The SMILES string of the molecule is CCNC1CC(Oc2ccc(Cl)cc2C)C1(C)C. The summed E-state index contributed by atoms with van der Waals surface area (Å²) in [6.07, 6.45) is 1.35. The summed E-state index contributed by atoms with van der Waals surface area (Å²) in [5.74, 6) is 0.951. The van der Waals surface area contributed by atoms with Gasteiger partial charge >= 0.3 is 0 Å². The normalized spacial score (nSPS) is 25.6. The molecule has 0 spiro atoms. The van der Waals surface area contributed by atoms with E-state index in [2.05, 4.69) is 26.1 Å². The fraction of sp³-hybridized carbons (Fsp3) is 0.600. The van der Waals surface area contributed by atoms with Crippen molar-refractivity contribution in [3.8, 4) is 5.75 Å². The number of hydrogen-bond donors (Lipinski definition) is 1. The number of aryl methyl sites for hydroxylation is 1. The van der Waals surface area contributed by atoms with Crippen LogP contribution in [-0.2, 0) is 0 Å². The maximum atomic E-state index is 6.13. The van der Waals surface area contributed by atoms with Crippen molar-refractivity contribution in [2.24, 2.45) is 5.41 Å². The molecule has 1 aromatic rings. The zero-order valence-electron chi connectivity index (χ0n) is 11.6. The van der Waals surface area contributed by atoms with Gasteiger partial charge in [-0.3, -0.25) is 0 Å². The highest BCUT2D eigenvalue weighted by Gasteiger charge is 2.49. The van der Waals surface area contributed by atoms with Crippen molar-refractivity contribution in [2.75, 3.05) is 6.54 Å². The quantitative estimate of drug-likeness (QED) is 0.896. The van der Waals surface area contributed by atoms with Crippen LogP contribution in [0.3, 0.4) is 0 Å². The van der Waals surface area contributed by atoms with E-state index in [4.69, 9.17) is 16.3 Å². The zero-order chi connectivity index (χ0) is 13.3. The molecule has 2 atom stereocenters. The molecular formula is C15H22ClNO. The molecule has 1 N–H and O–H groups in total. The number of hydrogen-bond acceptors (Lipinski definition) is 2. The van der Waals surface area contributed by atoms with Crippen LogP contribution in [-0.4, -0.2) is 18.7 Å². The van der Waals surface area contributed by atoms with Gasteiger partial charge in [0.1, 0.15) is 11.9 Å². The molecule has 2 unspecified atom stereocenters. The molecule has 1 aliphatic carbocycles. The molecule has 0 heterocycles.